The molecule has 0 unspecified atom stereocenters. The fourth-order valence-electron chi connectivity index (χ4n) is 6.08. The second-order valence-electron chi connectivity index (χ2n) is 11.8. The van der Waals surface area contributed by atoms with Gasteiger partial charge in [0.05, 0.1) is 22.5 Å². The Morgan fingerprint density at radius 2 is 1.95 bits per heavy atom. The number of nitrogens with zero attached hydrogens (tertiary/aromatic N) is 6. The molecule has 1 saturated carbocycles. The molecule has 1 amide bonds. The number of amides is 1. The van der Waals surface area contributed by atoms with Crippen molar-refractivity contribution in [3.05, 3.63) is 82.3 Å². The summed E-state index contributed by atoms with van der Waals surface area (Å²) in [6.45, 7) is 12.9. The number of benzene rings is 1. The number of hydrogen-bond acceptors (Lipinski definition) is 7. The van der Waals surface area contributed by atoms with E-state index in [-0.39, 0.29) is 29.3 Å². The molecule has 1 aliphatic heterocycles. The number of rotatable bonds is 6. The molecule has 0 bridgehead atoms. The normalized spacial score (nSPS) is 17.1. The number of anilines is 1. The maximum absolute atomic E-state index is 15.4. The Morgan fingerprint density at radius 3 is 2.63 bits per heavy atom. The van der Waals surface area contributed by atoms with Gasteiger partial charge in [-0.15, -0.1) is 0 Å². The van der Waals surface area contributed by atoms with E-state index in [0.717, 1.165) is 29.7 Å². The zero-order valence-corrected chi connectivity index (χ0v) is 24.8. The fraction of sp³-hybridized carbons (Fsp3) is 0.364. The van der Waals surface area contributed by atoms with Crippen molar-refractivity contribution >= 4 is 22.8 Å². The molecule has 9 nitrogen and oxygen atoms in total. The predicted molar refractivity (Wildman–Crippen MR) is 164 cm³/mol. The second kappa shape index (κ2) is 10.9. The molecule has 0 spiro atoms. The number of aryl methyl sites for hydroxylation is 1. The topological polar surface area (TPSA) is 104 Å². The number of aromatic hydroxyl groups is 1. The summed E-state index contributed by atoms with van der Waals surface area (Å²) >= 11 is 0. The van der Waals surface area contributed by atoms with Gasteiger partial charge in [0.2, 0.25) is 5.91 Å². The molecule has 0 radical (unpaired) electrons. The lowest BCUT2D eigenvalue weighted by atomic mass is 9.99. The lowest BCUT2D eigenvalue weighted by molar-refractivity contribution is -0.126. The smallest absolute Gasteiger partial charge is 0.355 e. The molecule has 4 aromatic rings. The van der Waals surface area contributed by atoms with Gasteiger partial charge in [0.25, 0.3) is 0 Å². The summed E-state index contributed by atoms with van der Waals surface area (Å²) in [6, 6.07) is 8.20. The Hall–Kier alpha value is -4.60. The fourth-order valence-corrected chi connectivity index (χ4v) is 6.08. The molecule has 2 aliphatic rings. The van der Waals surface area contributed by atoms with E-state index >= 15 is 4.39 Å². The molecular formula is C33H35FN6O3. The Kier molecular flexibility index (Phi) is 7.23. The minimum Gasteiger partial charge on any atom is -0.505 e. The van der Waals surface area contributed by atoms with E-state index in [1.54, 1.807) is 23.2 Å². The molecule has 3 aromatic heterocycles. The van der Waals surface area contributed by atoms with Crippen molar-refractivity contribution in [2.45, 2.75) is 58.4 Å². The van der Waals surface area contributed by atoms with Crippen LogP contribution in [0.5, 0.6) is 5.75 Å². The third-order valence-corrected chi connectivity index (χ3v) is 8.44. The van der Waals surface area contributed by atoms with Crippen molar-refractivity contribution in [2.75, 3.05) is 24.5 Å². The van der Waals surface area contributed by atoms with Crippen LogP contribution in [0.25, 0.3) is 28.0 Å². The average molecular weight is 583 g/mol. The highest BCUT2D eigenvalue weighted by Crippen LogP contribution is 2.46. The summed E-state index contributed by atoms with van der Waals surface area (Å²) in [5.74, 6) is -0.687. The summed E-state index contributed by atoms with van der Waals surface area (Å²) in [7, 11) is 0. The highest BCUT2D eigenvalue weighted by molar-refractivity contribution is 5.92. The van der Waals surface area contributed by atoms with E-state index in [9.17, 15) is 14.7 Å². The minimum absolute atomic E-state index is 0.000691. The molecule has 10 heteroatoms. The first-order valence-corrected chi connectivity index (χ1v) is 14.7. The van der Waals surface area contributed by atoms with Crippen LogP contribution in [0.15, 0.2) is 54.0 Å². The number of pyridine rings is 2. The van der Waals surface area contributed by atoms with Crippen LogP contribution in [0.1, 0.15) is 62.3 Å². The number of phenolic OH excluding ortho intramolecular Hbond substituents is 1. The largest absolute Gasteiger partial charge is 0.505 e. The van der Waals surface area contributed by atoms with Crippen molar-refractivity contribution in [3.63, 3.8) is 0 Å². The number of carbonyl (C=O) groups is 1. The monoisotopic (exact) mass is 582 g/mol. The van der Waals surface area contributed by atoms with Gasteiger partial charge < -0.3 is 14.9 Å². The Morgan fingerprint density at radius 1 is 1.19 bits per heavy atom. The van der Waals surface area contributed by atoms with Crippen LogP contribution in [-0.4, -0.2) is 61.1 Å². The number of aromatic nitrogens is 4. The molecule has 43 heavy (non-hydrogen) atoms. The highest BCUT2D eigenvalue weighted by Gasteiger charge is 2.33. The molecule has 1 aliphatic carbocycles. The van der Waals surface area contributed by atoms with E-state index in [1.807, 2.05) is 44.7 Å². The molecule has 1 saturated heterocycles. The lowest BCUT2D eigenvalue weighted by Crippen LogP contribution is -2.54. The number of phenols is 1. The van der Waals surface area contributed by atoms with E-state index in [4.69, 9.17) is 4.98 Å². The van der Waals surface area contributed by atoms with Gasteiger partial charge in [-0.25, -0.2) is 18.7 Å². The Bertz CT molecular complexity index is 1830. The second-order valence-corrected chi connectivity index (χ2v) is 11.8. The summed E-state index contributed by atoms with van der Waals surface area (Å²) in [5, 5.41) is 10.9. The average Bonchev–Trinajstić information content (AvgIpc) is 3.83. The number of halogens is 1. The van der Waals surface area contributed by atoms with E-state index < -0.39 is 17.3 Å². The van der Waals surface area contributed by atoms with Crippen LogP contribution in [0.4, 0.5) is 10.2 Å². The van der Waals surface area contributed by atoms with Gasteiger partial charge in [-0.3, -0.25) is 9.78 Å². The number of fused-ring (bicyclic) bond motifs is 1. The van der Waals surface area contributed by atoms with E-state index in [2.05, 4.69) is 16.5 Å². The minimum atomic E-state index is -0.753. The molecule has 6 rings (SSSR count). The lowest BCUT2D eigenvalue weighted by Gasteiger charge is -2.40. The summed E-state index contributed by atoms with van der Waals surface area (Å²) in [5.41, 5.74) is 3.41. The molecule has 1 N–H and O–H groups in total. The quantitative estimate of drug-likeness (QED) is 0.311. The van der Waals surface area contributed by atoms with Crippen molar-refractivity contribution in [3.8, 4) is 22.7 Å². The summed E-state index contributed by atoms with van der Waals surface area (Å²) in [6.07, 6.45) is 4.90. The number of piperazine rings is 1. The van der Waals surface area contributed by atoms with Gasteiger partial charge >= 0.3 is 5.69 Å². The molecule has 2 fully saturated rings. The highest BCUT2D eigenvalue weighted by atomic mass is 19.1. The van der Waals surface area contributed by atoms with Crippen LogP contribution in [0.2, 0.25) is 0 Å². The van der Waals surface area contributed by atoms with Gasteiger partial charge in [-0.1, -0.05) is 26.5 Å². The zero-order valence-electron chi connectivity index (χ0n) is 24.8. The van der Waals surface area contributed by atoms with Crippen molar-refractivity contribution < 1.29 is 14.3 Å². The van der Waals surface area contributed by atoms with Crippen LogP contribution in [0, 0.1) is 12.7 Å². The van der Waals surface area contributed by atoms with Gasteiger partial charge in [0.1, 0.15) is 5.82 Å². The number of carbonyl (C=O) groups excluding carboxylic acids is 1. The van der Waals surface area contributed by atoms with Gasteiger partial charge in [-0.05, 0) is 80.0 Å². The number of hydrogen-bond donors (Lipinski definition) is 1. The first-order chi connectivity index (χ1) is 20.6. The van der Waals surface area contributed by atoms with Crippen molar-refractivity contribution in [1.29, 1.82) is 0 Å². The van der Waals surface area contributed by atoms with Gasteiger partial charge in [0, 0.05) is 37.4 Å². The molecular weight excluding hydrogens is 547 g/mol. The molecule has 4 heterocycles. The van der Waals surface area contributed by atoms with E-state index in [0.29, 0.717) is 47.9 Å². The van der Waals surface area contributed by atoms with Crippen LogP contribution in [-0.2, 0) is 4.79 Å². The Labute approximate surface area is 249 Å². The standard InChI is InChI=1S/C33H35FN6O3/c1-6-26(42)38-14-15-39(20(5)17-38)31-24-16-23(21-10-11-21)29(22-8-7-9-25(41)27(22)34)36-32(24)40(33(43)37-31)30-19(4)12-13-35-28(30)18(2)3/h6-9,12-13,16,18,20-21,41H,1,10-11,14-15,17H2,2-5H3/t20-/m0/s1. The van der Waals surface area contributed by atoms with Crippen molar-refractivity contribution in [2.24, 2.45) is 0 Å². The van der Waals surface area contributed by atoms with Crippen LogP contribution >= 0.6 is 0 Å². The molecule has 1 aromatic carbocycles. The Balaban J connectivity index is 1.67. The van der Waals surface area contributed by atoms with Gasteiger partial charge in [-0.2, -0.15) is 4.98 Å². The van der Waals surface area contributed by atoms with Crippen LogP contribution < -0.4 is 10.6 Å². The van der Waals surface area contributed by atoms with Gasteiger partial charge in [0.15, 0.2) is 17.2 Å². The third kappa shape index (κ3) is 4.94. The maximum atomic E-state index is 15.4. The van der Waals surface area contributed by atoms with Crippen LogP contribution in [0.3, 0.4) is 0 Å². The predicted octanol–water partition coefficient (Wildman–Crippen LogP) is 5.22. The molecule has 222 valence electrons. The maximum Gasteiger partial charge on any atom is 0.355 e. The third-order valence-electron chi connectivity index (χ3n) is 8.44. The SMILES string of the molecule is C=CC(=O)N1CCN(c2nc(=O)n(-c3c(C)ccnc3C(C)C)c3nc(-c4cccc(O)c4F)c(C4CC4)cc23)[C@@H](C)C1. The summed E-state index contributed by atoms with van der Waals surface area (Å²) in [4.78, 5) is 44.6. The first kappa shape index (κ1) is 28.5. The summed E-state index contributed by atoms with van der Waals surface area (Å²) < 4.78 is 16.9. The first-order valence-electron chi connectivity index (χ1n) is 14.7. The zero-order chi connectivity index (χ0) is 30.6. The van der Waals surface area contributed by atoms with E-state index in [1.165, 1.54) is 16.7 Å². The van der Waals surface area contributed by atoms with Crippen molar-refractivity contribution in [1.82, 2.24) is 24.4 Å². The molecule has 1 atom stereocenters.